The topological polar surface area (TPSA) is 52.1 Å². The first kappa shape index (κ1) is 25.9. The third-order valence-electron chi connectivity index (χ3n) is 4.28. The summed E-state index contributed by atoms with van der Waals surface area (Å²) in [6, 6.07) is 0. The molecule has 0 bridgehead atoms. The molecule has 0 spiro atoms. The molecule has 0 aromatic rings. The molecular formula is C19H42IN5O. The Hall–Kier alpha value is -0.120. The Labute approximate surface area is 178 Å². The van der Waals surface area contributed by atoms with Crippen molar-refractivity contribution >= 4 is 29.9 Å². The lowest BCUT2D eigenvalue weighted by Gasteiger charge is -2.33. The highest BCUT2D eigenvalue weighted by Gasteiger charge is 2.15. The summed E-state index contributed by atoms with van der Waals surface area (Å²) in [5.74, 6) is 2.11. The van der Waals surface area contributed by atoms with Crippen LogP contribution >= 0.6 is 24.0 Å². The standard InChI is InChI=1S/C19H41N5O.HI/c1-6-20-19(21-8-7-13-25-16-17(2)3)22-14-18(4)15-24-11-9-23(5)10-12-24;/h17-18H,6-16H2,1-5H3,(H2,20,21,22);1H. The molecule has 1 rings (SSSR count). The Morgan fingerprint density at radius 3 is 2.42 bits per heavy atom. The third-order valence-corrected chi connectivity index (χ3v) is 4.28. The van der Waals surface area contributed by atoms with Gasteiger partial charge in [-0.3, -0.25) is 4.99 Å². The maximum absolute atomic E-state index is 5.62. The molecule has 1 fully saturated rings. The van der Waals surface area contributed by atoms with Crippen molar-refractivity contribution in [1.82, 2.24) is 20.4 Å². The molecule has 1 saturated heterocycles. The first-order valence-corrected chi connectivity index (χ1v) is 10.0. The van der Waals surface area contributed by atoms with Crippen LogP contribution in [0.3, 0.4) is 0 Å². The van der Waals surface area contributed by atoms with Crippen LogP contribution in [0, 0.1) is 11.8 Å². The van der Waals surface area contributed by atoms with Crippen molar-refractivity contribution in [3.63, 3.8) is 0 Å². The minimum Gasteiger partial charge on any atom is -0.381 e. The van der Waals surface area contributed by atoms with E-state index in [-0.39, 0.29) is 24.0 Å². The molecule has 1 heterocycles. The average Bonchev–Trinajstić information content (AvgIpc) is 2.57. The molecule has 2 N–H and O–H groups in total. The number of hydrogen-bond acceptors (Lipinski definition) is 4. The molecule has 1 aliphatic heterocycles. The van der Waals surface area contributed by atoms with Crippen LogP contribution in [-0.4, -0.2) is 88.4 Å². The number of halogens is 1. The lowest BCUT2D eigenvalue weighted by molar-refractivity contribution is 0.108. The molecule has 0 aliphatic carbocycles. The Balaban J connectivity index is 0.00000625. The molecule has 1 atom stereocenters. The van der Waals surface area contributed by atoms with E-state index >= 15 is 0 Å². The van der Waals surface area contributed by atoms with E-state index in [0.717, 1.165) is 51.8 Å². The molecule has 26 heavy (non-hydrogen) atoms. The van der Waals surface area contributed by atoms with Crippen LogP contribution in [0.2, 0.25) is 0 Å². The summed E-state index contributed by atoms with van der Waals surface area (Å²) in [7, 11) is 2.20. The zero-order valence-corrected chi connectivity index (χ0v) is 19.9. The molecule has 1 aliphatic rings. The molecule has 0 aromatic carbocycles. The van der Waals surface area contributed by atoms with Crippen molar-refractivity contribution in [2.24, 2.45) is 16.8 Å². The Morgan fingerprint density at radius 2 is 1.81 bits per heavy atom. The van der Waals surface area contributed by atoms with E-state index in [1.807, 2.05) is 0 Å². The Kier molecular flexibility index (Phi) is 15.8. The molecule has 156 valence electrons. The maximum atomic E-state index is 5.62. The van der Waals surface area contributed by atoms with Crippen LogP contribution < -0.4 is 10.6 Å². The molecule has 0 aromatic heterocycles. The highest BCUT2D eigenvalue weighted by Crippen LogP contribution is 2.05. The van der Waals surface area contributed by atoms with Crippen LogP contribution in [0.15, 0.2) is 4.99 Å². The summed E-state index contributed by atoms with van der Waals surface area (Å²) in [4.78, 5) is 9.72. The average molecular weight is 483 g/mol. The SMILES string of the molecule is CCNC(=NCC(C)CN1CCN(C)CC1)NCCCOCC(C)C.I. The Bertz CT molecular complexity index is 360. The van der Waals surface area contributed by atoms with Crippen molar-refractivity contribution in [2.45, 2.75) is 34.1 Å². The smallest absolute Gasteiger partial charge is 0.191 e. The van der Waals surface area contributed by atoms with Crippen LogP contribution in [0.5, 0.6) is 0 Å². The van der Waals surface area contributed by atoms with E-state index < -0.39 is 0 Å². The number of nitrogens with one attached hydrogen (secondary N) is 2. The lowest BCUT2D eigenvalue weighted by Crippen LogP contribution is -2.46. The Morgan fingerprint density at radius 1 is 1.12 bits per heavy atom. The van der Waals surface area contributed by atoms with Gasteiger partial charge in [-0.2, -0.15) is 0 Å². The zero-order chi connectivity index (χ0) is 18.5. The molecular weight excluding hydrogens is 441 g/mol. The summed E-state index contributed by atoms with van der Waals surface area (Å²) in [6.07, 6.45) is 1.01. The van der Waals surface area contributed by atoms with E-state index in [1.165, 1.54) is 26.2 Å². The fraction of sp³-hybridized carbons (Fsp3) is 0.947. The highest BCUT2D eigenvalue weighted by atomic mass is 127. The number of guanidine groups is 1. The molecule has 1 unspecified atom stereocenters. The molecule has 0 amide bonds. The molecule has 0 saturated carbocycles. The van der Waals surface area contributed by atoms with Gasteiger partial charge in [0.05, 0.1) is 0 Å². The van der Waals surface area contributed by atoms with Gasteiger partial charge in [0, 0.05) is 65.6 Å². The number of rotatable bonds is 11. The largest absolute Gasteiger partial charge is 0.381 e. The van der Waals surface area contributed by atoms with Crippen LogP contribution in [0.4, 0.5) is 0 Å². The van der Waals surface area contributed by atoms with Gasteiger partial charge < -0.3 is 25.2 Å². The zero-order valence-electron chi connectivity index (χ0n) is 17.6. The normalized spacial score (nSPS) is 17.8. The summed E-state index contributed by atoms with van der Waals surface area (Å²) in [5.41, 5.74) is 0. The first-order chi connectivity index (χ1) is 12.0. The fourth-order valence-electron chi connectivity index (χ4n) is 2.82. The van der Waals surface area contributed by atoms with Crippen LogP contribution in [0.25, 0.3) is 0 Å². The molecule has 6 nitrogen and oxygen atoms in total. The minimum absolute atomic E-state index is 0. The van der Waals surface area contributed by atoms with Gasteiger partial charge in [0.2, 0.25) is 0 Å². The predicted octanol–water partition coefficient (Wildman–Crippen LogP) is 2.11. The predicted molar refractivity (Wildman–Crippen MR) is 123 cm³/mol. The summed E-state index contributed by atoms with van der Waals surface area (Å²) in [6.45, 7) is 18.9. The van der Waals surface area contributed by atoms with Crippen molar-refractivity contribution in [3.8, 4) is 0 Å². The van der Waals surface area contributed by atoms with Crippen molar-refractivity contribution in [1.29, 1.82) is 0 Å². The number of hydrogen-bond donors (Lipinski definition) is 2. The van der Waals surface area contributed by atoms with Crippen LogP contribution in [0.1, 0.15) is 34.1 Å². The number of ether oxygens (including phenoxy) is 1. The number of piperazine rings is 1. The molecule has 7 heteroatoms. The summed E-state index contributed by atoms with van der Waals surface area (Å²) < 4.78 is 5.62. The number of aliphatic imine (C=N–C) groups is 1. The quantitative estimate of drug-likeness (QED) is 0.204. The van der Waals surface area contributed by atoms with E-state index in [1.54, 1.807) is 0 Å². The summed E-state index contributed by atoms with van der Waals surface area (Å²) in [5, 5.41) is 6.75. The van der Waals surface area contributed by atoms with Gasteiger partial charge in [0.25, 0.3) is 0 Å². The van der Waals surface area contributed by atoms with E-state index in [2.05, 4.69) is 55.2 Å². The van der Waals surface area contributed by atoms with Crippen molar-refractivity contribution in [2.75, 3.05) is 72.6 Å². The van der Waals surface area contributed by atoms with Crippen LogP contribution in [-0.2, 0) is 4.74 Å². The van der Waals surface area contributed by atoms with Gasteiger partial charge in [0.1, 0.15) is 0 Å². The lowest BCUT2D eigenvalue weighted by atomic mass is 10.1. The van der Waals surface area contributed by atoms with Crippen molar-refractivity contribution < 1.29 is 4.74 Å². The molecule has 0 radical (unpaired) electrons. The third kappa shape index (κ3) is 13.1. The fourth-order valence-corrected chi connectivity index (χ4v) is 2.82. The summed E-state index contributed by atoms with van der Waals surface area (Å²) >= 11 is 0. The minimum atomic E-state index is 0. The number of likely N-dealkylation sites (N-methyl/N-ethyl adjacent to an activating group) is 1. The van der Waals surface area contributed by atoms with Gasteiger partial charge in [-0.1, -0.05) is 20.8 Å². The second-order valence-electron chi connectivity index (χ2n) is 7.68. The van der Waals surface area contributed by atoms with Gasteiger partial charge in [-0.15, -0.1) is 24.0 Å². The highest BCUT2D eigenvalue weighted by molar-refractivity contribution is 14.0. The second-order valence-corrected chi connectivity index (χ2v) is 7.68. The van der Waals surface area contributed by atoms with Gasteiger partial charge >= 0.3 is 0 Å². The van der Waals surface area contributed by atoms with Gasteiger partial charge in [0.15, 0.2) is 5.96 Å². The number of nitrogens with zero attached hydrogens (tertiary/aromatic N) is 3. The second kappa shape index (κ2) is 15.9. The van der Waals surface area contributed by atoms with Gasteiger partial charge in [-0.25, -0.2) is 0 Å². The van der Waals surface area contributed by atoms with E-state index in [4.69, 9.17) is 9.73 Å². The van der Waals surface area contributed by atoms with E-state index in [0.29, 0.717) is 11.8 Å². The monoisotopic (exact) mass is 483 g/mol. The van der Waals surface area contributed by atoms with Crippen molar-refractivity contribution in [3.05, 3.63) is 0 Å². The van der Waals surface area contributed by atoms with Gasteiger partial charge in [-0.05, 0) is 32.2 Å². The van der Waals surface area contributed by atoms with E-state index in [9.17, 15) is 0 Å². The first-order valence-electron chi connectivity index (χ1n) is 10.0. The maximum Gasteiger partial charge on any atom is 0.191 e.